The molecule has 3 aromatic rings. The normalized spacial score (nSPS) is 12.3. The van der Waals surface area contributed by atoms with Gasteiger partial charge >= 0.3 is 6.18 Å². The third-order valence-electron chi connectivity index (χ3n) is 3.65. The average molecular weight is 414 g/mol. The minimum atomic E-state index is -4.48. The molecule has 0 bridgehead atoms. The van der Waals surface area contributed by atoms with Gasteiger partial charge in [-0.25, -0.2) is 13.4 Å². The van der Waals surface area contributed by atoms with E-state index in [0.29, 0.717) is 10.2 Å². The smallest absolute Gasteiger partial charge is 0.302 e. The van der Waals surface area contributed by atoms with Crippen molar-refractivity contribution < 1.29 is 26.4 Å². The Hall–Kier alpha value is -2.46. The van der Waals surface area contributed by atoms with Gasteiger partial charge in [0.1, 0.15) is 0 Å². The van der Waals surface area contributed by atoms with Gasteiger partial charge in [0, 0.05) is 6.26 Å². The predicted molar refractivity (Wildman–Crippen MR) is 96.5 cm³/mol. The number of carbonyl (C=O) groups excluding carboxylic acids is 1. The second kappa shape index (κ2) is 6.93. The number of aromatic nitrogens is 1. The molecule has 0 unspecified atom stereocenters. The summed E-state index contributed by atoms with van der Waals surface area (Å²) in [5, 5.41) is 2.78. The third-order valence-corrected chi connectivity index (χ3v) is 5.70. The van der Waals surface area contributed by atoms with Crippen LogP contribution in [0.3, 0.4) is 0 Å². The van der Waals surface area contributed by atoms with E-state index in [2.05, 4.69) is 10.3 Å². The molecule has 0 saturated carbocycles. The van der Waals surface area contributed by atoms with Gasteiger partial charge in [0.2, 0.25) is 5.91 Å². The molecule has 10 heteroatoms. The number of carbonyl (C=O) groups is 1. The van der Waals surface area contributed by atoms with Gasteiger partial charge in [-0.1, -0.05) is 29.5 Å². The van der Waals surface area contributed by atoms with Crippen LogP contribution in [-0.4, -0.2) is 25.6 Å². The van der Waals surface area contributed by atoms with Crippen LogP contribution in [0.1, 0.15) is 11.1 Å². The maximum atomic E-state index is 12.7. The first-order valence-electron chi connectivity index (χ1n) is 7.59. The van der Waals surface area contributed by atoms with Gasteiger partial charge in [-0.15, -0.1) is 0 Å². The Labute approximate surface area is 156 Å². The maximum Gasteiger partial charge on any atom is 0.416 e. The van der Waals surface area contributed by atoms with Crippen molar-refractivity contribution >= 4 is 42.4 Å². The lowest BCUT2D eigenvalue weighted by atomic mass is 10.1. The van der Waals surface area contributed by atoms with E-state index in [4.69, 9.17) is 0 Å². The second-order valence-electron chi connectivity index (χ2n) is 5.84. The minimum absolute atomic E-state index is 0.139. The first-order valence-corrected chi connectivity index (χ1v) is 10.3. The zero-order valence-electron chi connectivity index (χ0n) is 13.9. The zero-order chi connectivity index (χ0) is 19.8. The van der Waals surface area contributed by atoms with Gasteiger partial charge in [-0.05, 0) is 29.8 Å². The second-order valence-corrected chi connectivity index (χ2v) is 8.89. The molecule has 3 rings (SSSR count). The highest BCUT2D eigenvalue weighted by molar-refractivity contribution is 7.90. The molecule has 0 spiro atoms. The van der Waals surface area contributed by atoms with Crippen LogP contribution in [0.2, 0.25) is 0 Å². The van der Waals surface area contributed by atoms with Gasteiger partial charge in [0.15, 0.2) is 15.0 Å². The molecule has 1 aromatic heterocycles. The van der Waals surface area contributed by atoms with E-state index in [1.807, 2.05) is 0 Å². The number of hydrogen-bond donors (Lipinski definition) is 1. The van der Waals surface area contributed by atoms with Crippen molar-refractivity contribution in [1.29, 1.82) is 0 Å². The summed E-state index contributed by atoms with van der Waals surface area (Å²) in [5.41, 5.74) is -0.0781. The Bertz CT molecular complexity index is 1120. The van der Waals surface area contributed by atoms with Crippen LogP contribution in [0, 0.1) is 0 Å². The van der Waals surface area contributed by atoms with Crippen molar-refractivity contribution in [3.8, 4) is 0 Å². The van der Waals surface area contributed by atoms with E-state index < -0.39 is 27.5 Å². The number of nitrogens with zero attached hydrogens (tertiary/aromatic N) is 1. The molecule has 0 aliphatic carbocycles. The monoisotopic (exact) mass is 414 g/mol. The van der Waals surface area contributed by atoms with Crippen molar-refractivity contribution in [3.05, 3.63) is 53.6 Å². The molecular weight excluding hydrogens is 401 g/mol. The molecule has 0 aliphatic rings. The van der Waals surface area contributed by atoms with E-state index in [-0.39, 0.29) is 22.0 Å². The molecule has 0 saturated heterocycles. The molecule has 0 atom stereocenters. The third kappa shape index (κ3) is 4.64. The van der Waals surface area contributed by atoms with Crippen LogP contribution >= 0.6 is 11.3 Å². The lowest BCUT2D eigenvalue weighted by molar-refractivity contribution is -0.137. The SMILES string of the molecule is CS(=O)(=O)c1ccc2nc(NC(=O)Cc3cccc(C(F)(F)F)c3)sc2c1. The number of hydrogen-bond acceptors (Lipinski definition) is 5. The number of amides is 1. The van der Waals surface area contributed by atoms with Crippen LogP contribution in [0.25, 0.3) is 10.2 Å². The van der Waals surface area contributed by atoms with Crippen LogP contribution in [0.15, 0.2) is 47.4 Å². The predicted octanol–water partition coefficient (Wildman–Crippen LogP) is 3.90. The van der Waals surface area contributed by atoms with E-state index in [1.54, 1.807) is 0 Å². The van der Waals surface area contributed by atoms with Gasteiger partial charge in [-0.3, -0.25) is 4.79 Å². The molecule has 0 aliphatic heterocycles. The Morgan fingerprint density at radius 2 is 1.93 bits per heavy atom. The fourth-order valence-electron chi connectivity index (χ4n) is 2.40. The lowest BCUT2D eigenvalue weighted by Gasteiger charge is -2.08. The molecular formula is C17H13F3N2O3S2. The number of benzene rings is 2. The van der Waals surface area contributed by atoms with E-state index >= 15 is 0 Å². The van der Waals surface area contributed by atoms with E-state index in [0.717, 1.165) is 29.7 Å². The Kier molecular flexibility index (Phi) is 4.96. The van der Waals surface area contributed by atoms with E-state index in [1.165, 1.54) is 30.3 Å². The van der Waals surface area contributed by atoms with Crippen molar-refractivity contribution in [2.75, 3.05) is 11.6 Å². The summed E-state index contributed by atoms with van der Waals surface area (Å²) in [7, 11) is -3.37. The zero-order valence-corrected chi connectivity index (χ0v) is 15.5. The number of nitrogens with one attached hydrogen (secondary N) is 1. The van der Waals surface area contributed by atoms with Crippen LogP contribution in [0.4, 0.5) is 18.3 Å². The summed E-state index contributed by atoms with van der Waals surface area (Å²) in [4.78, 5) is 16.4. The number of alkyl halides is 3. The van der Waals surface area contributed by atoms with E-state index in [9.17, 15) is 26.4 Å². The molecule has 1 N–H and O–H groups in total. The standard InChI is InChI=1S/C17H13F3N2O3S2/c1-27(24,25)12-5-6-13-14(9-12)26-16(21-13)22-15(23)8-10-3-2-4-11(7-10)17(18,19)20/h2-7,9H,8H2,1H3,(H,21,22,23). The molecule has 2 aromatic carbocycles. The minimum Gasteiger partial charge on any atom is -0.302 e. The van der Waals surface area contributed by atoms with Crippen molar-refractivity contribution in [2.24, 2.45) is 0 Å². The van der Waals surface area contributed by atoms with Crippen LogP contribution in [-0.2, 0) is 27.2 Å². The van der Waals surface area contributed by atoms with Crippen molar-refractivity contribution in [1.82, 2.24) is 4.98 Å². The Morgan fingerprint density at radius 1 is 1.19 bits per heavy atom. The summed E-state index contributed by atoms with van der Waals surface area (Å²) in [6.07, 6.45) is -3.63. The van der Waals surface area contributed by atoms with Crippen molar-refractivity contribution in [2.45, 2.75) is 17.5 Å². The summed E-state index contributed by atoms with van der Waals surface area (Å²) in [5.74, 6) is -0.517. The highest BCUT2D eigenvalue weighted by Gasteiger charge is 2.30. The molecule has 27 heavy (non-hydrogen) atoms. The highest BCUT2D eigenvalue weighted by Crippen LogP contribution is 2.30. The lowest BCUT2D eigenvalue weighted by Crippen LogP contribution is -2.15. The number of rotatable bonds is 4. The van der Waals surface area contributed by atoms with Gasteiger partial charge in [0.25, 0.3) is 0 Å². The molecule has 1 heterocycles. The number of sulfone groups is 1. The van der Waals surface area contributed by atoms with Crippen LogP contribution in [0.5, 0.6) is 0 Å². The summed E-state index contributed by atoms with van der Waals surface area (Å²) < 4.78 is 62.0. The average Bonchev–Trinajstić information content (AvgIpc) is 2.94. The number of anilines is 1. The van der Waals surface area contributed by atoms with Gasteiger partial charge in [0.05, 0.1) is 27.1 Å². The first kappa shape index (κ1) is 19.3. The summed E-state index contributed by atoms with van der Waals surface area (Å²) >= 11 is 1.09. The Morgan fingerprint density at radius 3 is 2.59 bits per heavy atom. The molecule has 0 fully saturated rings. The molecule has 142 valence electrons. The quantitative estimate of drug-likeness (QED) is 0.703. The maximum absolute atomic E-state index is 12.7. The summed E-state index contributed by atoms with van der Waals surface area (Å²) in [6, 6.07) is 8.97. The number of halogens is 3. The van der Waals surface area contributed by atoms with Crippen LogP contribution < -0.4 is 5.32 Å². The molecule has 0 radical (unpaired) electrons. The Balaban J connectivity index is 1.76. The molecule has 5 nitrogen and oxygen atoms in total. The first-order chi connectivity index (χ1) is 12.5. The molecule has 1 amide bonds. The fraction of sp³-hybridized carbons (Fsp3) is 0.176. The highest BCUT2D eigenvalue weighted by atomic mass is 32.2. The largest absolute Gasteiger partial charge is 0.416 e. The number of fused-ring (bicyclic) bond motifs is 1. The fourth-order valence-corrected chi connectivity index (χ4v) is 4.04. The van der Waals surface area contributed by atoms with Gasteiger partial charge < -0.3 is 5.32 Å². The number of thiazole rings is 1. The summed E-state index contributed by atoms with van der Waals surface area (Å²) in [6.45, 7) is 0. The topological polar surface area (TPSA) is 76.1 Å². The van der Waals surface area contributed by atoms with Gasteiger partial charge in [-0.2, -0.15) is 13.2 Å². The van der Waals surface area contributed by atoms with Crippen molar-refractivity contribution in [3.63, 3.8) is 0 Å².